The smallest absolute Gasteiger partial charge is 0.276 e. The predicted octanol–water partition coefficient (Wildman–Crippen LogP) is 6.74. The molecule has 1 atom stereocenters. The second kappa shape index (κ2) is 10.3. The average Bonchev–Trinajstić information content (AvgIpc) is 3.30. The summed E-state index contributed by atoms with van der Waals surface area (Å²) in [6.07, 6.45) is 6.61. The van der Waals surface area contributed by atoms with Crippen molar-refractivity contribution in [3.05, 3.63) is 60.3 Å². The van der Waals surface area contributed by atoms with Crippen LogP contribution in [0.15, 0.2) is 59.6 Å². The van der Waals surface area contributed by atoms with E-state index in [0.29, 0.717) is 16.0 Å². The lowest BCUT2D eigenvalue weighted by atomic mass is 9.92. The number of aromatic nitrogens is 3. The molecule has 1 aromatic carbocycles. The Bertz CT molecular complexity index is 1310. The van der Waals surface area contributed by atoms with Crippen molar-refractivity contribution in [2.45, 2.75) is 44.1 Å². The van der Waals surface area contributed by atoms with Gasteiger partial charge in [0, 0.05) is 31.1 Å². The minimum Gasteiger partial charge on any atom is -0.467 e. The number of pyridine rings is 2. The average molecular weight is 525 g/mol. The zero-order chi connectivity index (χ0) is 25.3. The molecule has 0 spiro atoms. The third-order valence-electron chi connectivity index (χ3n) is 6.86. The Morgan fingerprint density at radius 2 is 1.81 bits per heavy atom. The molecule has 2 N–H and O–H groups in total. The van der Waals surface area contributed by atoms with Crippen LogP contribution in [-0.4, -0.2) is 49.5 Å². The molecule has 1 unspecified atom stereocenters. The van der Waals surface area contributed by atoms with Gasteiger partial charge in [0.05, 0.1) is 10.6 Å². The van der Waals surface area contributed by atoms with Crippen LogP contribution in [0, 0.1) is 5.92 Å². The zero-order valence-electron chi connectivity index (χ0n) is 20.8. The first-order chi connectivity index (χ1) is 17.3. The molecule has 1 saturated heterocycles. The maximum Gasteiger partial charge on any atom is 0.276 e. The van der Waals surface area contributed by atoms with Crippen LogP contribution in [0.2, 0.25) is 0 Å². The number of aryl methyl sites for hydroxylation is 1. The SMILES string of the molecule is CCc1ccc(N2CCC(C(C)Oc3nc4ccc(-c5ccc(S(C)(O)O)cc5)nc4s3)CC2)nc1. The molecule has 7 nitrogen and oxygen atoms in total. The Morgan fingerprint density at radius 1 is 1.06 bits per heavy atom. The van der Waals surface area contributed by atoms with Crippen molar-refractivity contribution in [3.8, 4) is 16.5 Å². The van der Waals surface area contributed by atoms with Gasteiger partial charge in [-0.15, -0.1) is 0 Å². The molecule has 190 valence electrons. The van der Waals surface area contributed by atoms with Crippen LogP contribution >= 0.6 is 21.9 Å². The molecule has 0 aliphatic carbocycles. The fraction of sp³-hybridized carbons (Fsp3) is 0.370. The molecule has 0 saturated carbocycles. The number of ether oxygens (including phenoxy) is 1. The Kier molecular flexibility index (Phi) is 7.16. The van der Waals surface area contributed by atoms with Gasteiger partial charge in [-0.3, -0.25) is 9.11 Å². The predicted molar refractivity (Wildman–Crippen MR) is 149 cm³/mol. The van der Waals surface area contributed by atoms with Crippen molar-refractivity contribution < 1.29 is 13.8 Å². The van der Waals surface area contributed by atoms with Crippen molar-refractivity contribution in [3.63, 3.8) is 0 Å². The minimum atomic E-state index is -2.72. The number of rotatable bonds is 7. The van der Waals surface area contributed by atoms with Crippen molar-refractivity contribution >= 4 is 38.1 Å². The van der Waals surface area contributed by atoms with Crippen LogP contribution in [0.4, 0.5) is 5.82 Å². The van der Waals surface area contributed by atoms with Gasteiger partial charge < -0.3 is 9.64 Å². The first-order valence-corrected chi connectivity index (χ1v) is 15.0. The van der Waals surface area contributed by atoms with Gasteiger partial charge >= 0.3 is 0 Å². The van der Waals surface area contributed by atoms with E-state index >= 15 is 0 Å². The summed E-state index contributed by atoms with van der Waals surface area (Å²) in [5, 5.41) is 0.650. The van der Waals surface area contributed by atoms with E-state index in [-0.39, 0.29) is 6.10 Å². The fourth-order valence-corrected chi connectivity index (χ4v) is 6.08. The maximum absolute atomic E-state index is 9.84. The van der Waals surface area contributed by atoms with Gasteiger partial charge in [0.1, 0.15) is 22.3 Å². The standard InChI is InChI=1S/C27H32N4O3S2/c1-4-19-5-12-25(28-17-19)31-15-13-20(14-16-31)18(2)34-27-30-24-11-10-23(29-26(24)35-27)21-6-8-22(9-7-21)36(3,32)33/h5-12,17-18,20,32-33H,4,13-16H2,1-3H3. The highest BCUT2D eigenvalue weighted by atomic mass is 32.3. The molecule has 4 heterocycles. The molecule has 1 aliphatic heterocycles. The number of nitrogens with zero attached hydrogens (tertiary/aromatic N) is 4. The van der Waals surface area contributed by atoms with Gasteiger partial charge in [0.2, 0.25) is 0 Å². The molecular weight excluding hydrogens is 492 g/mol. The third kappa shape index (κ3) is 5.49. The summed E-state index contributed by atoms with van der Waals surface area (Å²) in [6, 6.07) is 15.4. The van der Waals surface area contributed by atoms with Crippen LogP contribution in [-0.2, 0) is 6.42 Å². The van der Waals surface area contributed by atoms with E-state index in [2.05, 4.69) is 40.8 Å². The lowest BCUT2D eigenvalue weighted by Gasteiger charge is -2.35. The molecule has 36 heavy (non-hydrogen) atoms. The topological polar surface area (TPSA) is 91.6 Å². The molecule has 3 aromatic heterocycles. The van der Waals surface area contributed by atoms with Gasteiger partial charge in [-0.1, -0.05) is 36.5 Å². The van der Waals surface area contributed by atoms with Crippen molar-refractivity contribution in [2.75, 3.05) is 24.2 Å². The van der Waals surface area contributed by atoms with Gasteiger partial charge in [-0.25, -0.2) is 15.0 Å². The first kappa shape index (κ1) is 25.0. The van der Waals surface area contributed by atoms with E-state index in [1.165, 1.54) is 23.2 Å². The number of anilines is 1. The number of piperidine rings is 1. The molecule has 4 aromatic rings. The Morgan fingerprint density at radius 3 is 2.44 bits per heavy atom. The summed E-state index contributed by atoms with van der Waals surface area (Å²) in [5.41, 5.74) is 3.82. The molecule has 5 rings (SSSR count). The monoisotopic (exact) mass is 524 g/mol. The second-order valence-corrected chi connectivity index (χ2v) is 12.5. The van der Waals surface area contributed by atoms with Gasteiger partial charge in [0.25, 0.3) is 5.19 Å². The number of hydrogen-bond acceptors (Lipinski definition) is 8. The van der Waals surface area contributed by atoms with Crippen LogP contribution < -0.4 is 9.64 Å². The van der Waals surface area contributed by atoms with Crippen molar-refractivity contribution in [1.29, 1.82) is 0 Å². The van der Waals surface area contributed by atoms with Crippen molar-refractivity contribution in [1.82, 2.24) is 15.0 Å². The van der Waals surface area contributed by atoms with Crippen LogP contribution in [0.5, 0.6) is 5.19 Å². The number of hydrogen-bond donors (Lipinski definition) is 2. The largest absolute Gasteiger partial charge is 0.467 e. The molecule has 9 heteroatoms. The first-order valence-electron chi connectivity index (χ1n) is 12.3. The normalized spacial score (nSPS) is 16.3. The Hall–Kier alpha value is -2.72. The van der Waals surface area contributed by atoms with Crippen LogP contribution in [0.25, 0.3) is 21.6 Å². The highest BCUT2D eigenvalue weighted by Crippen LogP contribution is 2.44. The zero-order valence-corrected chi connectivity index (χ0v) is 22.4. The quantitative estimate of drug-likeness (QED) is 0.277. The summed E-state index contributed by atoms with van der Waals surface area (Å²) in [7, 11) is -2.72. The van der Waals surface area contributed by atoms with E-state index < -0.39 is 10.6 Å². The van der Waals surface area contributed by atoms with E-state index in [1.807, 2.05) is 30.5 Å². The van der Waals surface area contributed by atoms with Crippen LogP contribution in [0.1, 0.15) is 32.3 Å². The van der Waals surface area contributed by atoms with Gasteiger partial charge in [-0.05, 0) is 68.0 Å². The molecular formula is C27H32N4O3S2. The van der Waals surface area contributed by atoms with Gasteiger partial charge in [-0.2, -0.15) is 10.6 Å². The van der Waals surface area contributed by atoms with E-state index in [4.69, 9.17) is 9.72 Å². The maximum atomic E-state index is 9.84. The van der Waals surface area contributed by atoms with E-state index in [1.54, 1.807) is 12.1 Å². The number of benzene rings is 1. The molecule has 1 aliphatic rings. The number of fused-ring (bicyclic) bond motifs is 1. The highest BCUT2D eigenvalue weighted by Gasteiger charge is 2.26. The molecule has 0 amide bonds. The Balaban J connectivity index is 1.22. The summed E-state index contributed by atoms with van der Waals surface area (Å²) >= 11 is 1.47. The fourth-order valence-electron chi connectivity index (χ4n) is 4.56. The summed E-state index contributed by atoms with van der Waals surface area (Å²) in [5.74, 6) is 1.53. The lowest BCUT2D eigenvalue weighted by Crippen LogP contribution is -2.39. The van der Waals surface area contributed by atoms with Crippen molar-refractivity contribution in [2.24, 2.45) is 5.92 Å². The lowest BCUT2D eigenvalue weighted by molar-refractivity contribution is 0.132. The third-order valence-corrected chi connectivity index (χ3v) is 8.89. The summed E-state index contributed by atoms with van der Waals surface area (Å²) in [4.78, 5) is 17.8. The molecule has 1 fully saturated rings. The number of thiazole rings is 1. The summed E-state index contributed by atoms with van der Waals surface area (Å²) < 4.78 is 26.0. The second-order valence-electron chi connectivity index (χ2n) is 9.38. The molecule has 0 radical (unpaired) electrons. The highest BCUT2D eigenvalue weighted by molar-refractivity contribution is 8.23. The van der Waals surface area contributed by atoms with E-state index in [0.717, 1.165) is 59.8 Å². The van der Waals surface area contributed by atoms with Gasteiger partial charge in [0.15, 0.2) is 0 Å². The Labute approximate surface area is 217 Å². The summed E-state index contributed by atoms with van der Waals surface area (Å²) in [6.45, 7) is 6.25. The van der Waals surface area contributed by atoms with Crippen LogP contribution in [0.3, 0.4) is 0 Å². The molecule has 0 bridgehead atoms. The van der Waals surface area contributed by atoms with E-state index in [9.17, 15) is 9.11 Å². The minimum absolute atomic E-state index is 0.0731.